The van der Waals surface area contributed by atoms with Crippen molar-refractivity contribution in [2.75, 3.05) is 18.0 Å². The number of benzene rings is 2. The first kappa shape index (κ1) is 26.6. The molecular formula is C26H31N5O5S. The number of amides is 2. The maximum atomic E-state index is 13.6. The third-order valence-electron chi connectivity index (χ3n) is 7.12. The number of nitro groups is 1. The van der Waals surface area contributed by atoms with Gasteiger partial charge in [0, 0.05) is 36.9 Å². The van der Waals surface area contributed by atoms with E-state index in [1.54, 1.807) is 23.1 Å². The number of nitrogens with one attached hydrogen (secondary N) is 1. The van der Waals surface area contributed by atoms with Crippen LogP contribution in [0.15, 0.2) is 53.4 Å². The van der Waals surface area contributed by atoms with Crippen LogP contribution in [0.1, 0.15) is 56.9 Å². The molecule has 0 radical (unpaired) electrons. The number of sulfonamides is 1. The van der Waals surface area contributed by atoms with E-state index in [9.17, 15) is 28.6 Å². The van der Waals surface area contributed by atoms with E-state index in [1.165, 1.54) is 28.6 Å². The molecule has 0 spiro atoms. The van der Waals surface area contributed by atoms with Crippen LogP contribution in [-0.2, 0) is 10.0 Å². The number of piperidine rings is 1. The number of hydrogen-bond donors (Lipinski definition) is 1. The molecule has 0 aromatic heterocycles. The quantitative estimate of drug-likeness (QED) is 0.333. The molecule has 2 amide bonds. The molecule has 4 rings (SSSR count). The summed E-state index contributed by atoms with van der Waals surface area (Å²) in [6, 6.07) is 14.1. The predicted molar refractivity (Wildman–Crippen MR) is 139 cm³/mol. The molecule has 1 aliphatic carbocycles. The van der Waals surface area contributed by atoms with Gasteiger partial charge in [-0.1, -0.05) is 43.9 Å². The lowest BCUT2D eigenvalue weighted by atomic mass is 10.0. The lowest BCUT2D eigenvalue weighted by molar-refractivity contribution is -0.387. The van der Waals surface area contributed by atoms with E-state index in [2.05, 4.69) is 11.4 Å². The number of nitro benzene ring substituents is 1. The summed E-state index contributed by atoms with van der Waals surface area (Å²) in [6.07, 6.45) is 6.90. The molecule has 10 nitrogen and oxygen atoms in total. The number of hydrogen-bond acceptors (Lipinski definition) is 6. The number of anilines is 1. The standard InChI is InChI=1S/C26H31N5O5S/c27-19-20-8-7-11-23(18-20)30(22-9-3-1-2-4-10-22)26(32)28-21-14-16-29(17-15-21)37(35,36)25-13-6-5-12-24(25)31(33)34/h5-8,11-13,18,21-22H,1-4,9-10,14-17H2,(H,28,32). The highest BCUT2D eigenvalue weighted by atomic mass is 32.2. The Bertz CT molecular complexity index is 1280. The molecule has 1 N–H and O–H groups in total. The van der Waals surface area contributed by atoms with Crippen molar-refractivity contribution in [3.63, 3.8) is 0 Å². The molecule has 2 fully saturated rings. The number of nitriles is 1. The summed E-state index contributed by atoms with van der Waals surface area (Å²) >= 11 is 0. The second-order valence-electron chi connectivity index (χ2n) is 9.53. The Hall–Kier alpha value is -3.49. The maximum absolute atomic E-state index is 13.6. The van der Waals surface area contributed by atoms with Crippen molar-refractivity contribution in [1.29, 1.82) is 5.26 Å². The maximum Gasteiger partial charge on any atom is 0.322 e. The molecule has 11 heteroatoms. The fourth-order valence-electron chi connectivity index (χ4n) is 5.19. The first-order valence-electron chi connectivity index (χ1n) is 12.6. The highest BCUT2D eigenvalue weighted by molar-refractivity contribution is 7.89. The number of nitrogens with zero attached hydrogens (tertiary/aromatic N) is 4. The van der Waals surface area contributed by atoms with Gasteiger partial charge in [-0.15, -0.1) is 0 Å². The monoisotopic (exact) mass is 525 g/mol. The van der Waals surface area contributed by atoms with Crippen LogP contribution in [0, 0.1) is 21.4 Å². The van der Waals surface area contributed by atoms with Crippen molar-refractivity contribution in [3.8, 4) is 6.07 Å². The summed E-state index contributed by atoms with van der Waals surface area (Å²) in [5.41, 5.74) is 0.717. The number of para-hydroxylation sites is 1. The van der Waals surface area contributed by atoms with E-state index < -0.39 is 20.6 Å². The van der Waals surface area contributed by atoms with E-state index in [-0.39, 0.29) is 36.1 Å². The summed E-state index contributed by atoms with van der Waals surface area (Å²) in [5.74, 6) is 0. The number of rotatable bonds is 6. The van der Waals surface area contributed by atoms with Crippen LogP contribution in [-0.4, -0.2) is 48.9 Å². The third kappa shape index (κ3) is 6.09. The molecule has 0 bridgehead atoms. The minimum atomic E-state index is -4.04. The van der Waals surface area contributed by atoms with Crippen molar-refractivity contribution in [2.24, 2.45) is 0 Å². The van der Waals surface area contributed by atoms with Crippen LogP contribution in [0.5, 0.6) is 0 Å². The van der Waals surface area contributed by atoms with E-state index >= 15 is 0 Å². The van der Waals surface area contributed by atoms with E-state index in [0.29, 0.717) is 24.1 Å². The van der Waals surface area contributed by atoms with Crippen LogP contribution < -0.4 is 10.2 Å². The zero-order valence-corrected chi connectivity index (χ0v) is 21.4. The number of carbonyl (C=O) groups is 1. The first-order valence-corrected chi connectivity index (χ1v) is 14.1. The average molecular weight is 526 g/mol. The molecule has 0 unspecified atom stereocenters. The van der Waals surface area contributed by atoms with Gasteiger partial charge in [-0.05, 0) is 49.9 Å². The molecular weight excluding hydrogens is 494 g/mol. The molecule has 2 aromatic carbocycles. The van der Waals surface area contributed by atoms with Gasteiger partial charge in [0.15, 0.2) is 4.90 Å². The van der Waals surface area contributed by atoms with Gasteiger partial charge in [-0.2, -0.15) is 9.57 Å². The zero-order valence-electron chi connectivity index (χ0n) is 20.6. The fourth-order valence-corrected chi connectivity index (χ4v) is 6.81. The largest absolute Gasteiger partial charge is 0.335 e. The molecule has 0 atom stereocenters. The fraction of sp³-hybridized carbons (Fsp3) is 0.462. The molecule has 1 saturated carbocycles. The van der Waals surface area contributed by atoms with Gasteiger partial charge in [-0.25, -0.2) is 13.2 Å². The van der Waals surface area contributed by atoms with E-state index in [0.717, 1.165) is 38.5 Å². The Morgan fingerprint density at radius 3 is 2.35 bits per heavy atom. The van der Waals surface area contributed by atoms with Crippen LogP contribution in [0.2, 0.25) is 0 Å². The van der Waals surface area contributed by atoms with Crippen molar-refractivity contribution in [1.82, 2.24) is 9.62 Å². The Morgan fingerprint density at radius 2 is 1.70 bits per heavy atom. The molecule has 1 saturated heterocycles. The summed E-state index contributed by atoms with van der Waals surface area (Å²) in [7, 11) is -4.04. The predicted octanol–water partition coefficient (Wildman–Crippen LogP) is 4.56. The Morgan fingerprint density at radius 1 is 1.03 bits per heavy atom. The Balaban J connectivity index is 1.47. The molecule has 1 heterocycles. The summed E-state index contributed by atoms with van der Waals surface area (Å²) in [4.78, 5) is 25.7. The second kappa shape index (κ2) is 11.7. The third-order valence-corrected chi connectivity index (χ3v) is 9.07. The van der Waals surface area contributed by atoms with Gasteiger partial charge >= 0.3 is 6.03 Å². The molecule has 2 aromatic rings. The SMILES string of the molecule is N#Cc1cccc(N(C(=O)NC2CCN(S(=O)(=O)c3ccccc3[N+](=O)[O-])CC2)C2CCCCCC2)c1. The van der Waals surface area contributed by atoms with Gasteiger partial charge < -0.3 is 5.32 Å². The first-order chi connectivity index (χ1) is 17.8. The van der Waals surface area contributed by atoms with Gasteiger partial charge in [0.2, 0.25) is 10.0 Å². The van der Waals surface area contributed by atoms with E-state index in [4.69, 9.17) is 0 Å². The Kier molecular flexibility index (Phi) is 8.41. The van der Waals surface area contributed by atoms with Crippen molar-refractivity contribution in [3.05, 3.63) is 64.2 Å². The van der Waals surface area contributed by atoms with Crippen LogP contribution in [0.3, 0.4) is 0 Å². The van der Waals surface area contributed by atoms with Crippen molar-refractivity contribution < 1.29 is 18.1 Å². The van der Waals surface area contributed by atoms with Gasteiger partial charge in [0.1, 0.15) is 0 Å². The highest BCUT2D eigenvalue weighted by Gasteiger charge is 2.35. The van der Waals surface area contributed by atoms with Crippen LogP contribution in [0.25, 0.3) is 0 Å². The minimum Gasteiger partial charge on any atom is -0.335 e. The van der Waals surface area contributed by atoms with Gasteiger partial charge in [0.05, 0.1) is 16.6 Å². The smallest absolute Gasteiger partial charge is 0.322 e. The van der Waals surface area contributed by atoms with Gasteiger partial charge in [0.25, 0.3) is 5.69 Å². The molecule has 37 heavy (non-hydrogen) atoms. The summed E-state index contributed by atoms with van der Waals surface area (Å²) in [5, 5.41) is 23.8. The lowest BCUT2D eigenvalue weighted by Crippen LogP contribution is -2.52. The lowest BCUT2D eigenvalue weighted by Gasteiger charge is -2.35. The second-order valence-corrected chi connectivity index (χ2v) is 11.4. The number of urea groups is 1. The van der Waals surface area contributed by atoms with E-state index in [1.807, 2.05) is 6.07 Å². The summed E-state index contributed by atoms with van der Waals surface area (Å²) < 4.78 is 27.5. The molecule has 1 aliphatic heterocycles. The summed E-state index contributed by atoms with van der Waals surface area (Å²) in [6.45, 7) is 0.291. The van der Waals surface area contributed by atoms with Crippen molar-refractivity contribution in [2.45, 2.75) is 68.3 Å². The highest BCUT2D eigenvalue weighted by Crippen LogP contribution is 2.30. The molecule has 196 valence electrons. The van der Waals surface area contributed by atoms with Crippen LogP contribution in [0.4, 0.5) is 16.2 Å². The Labute approximate surface area is 217 Å². The van der Waals surface area contributed by atoms with Crippen molar-refractivity contribution >= 4 is 27.4 Å². The number of carbonyl (C=O) groups excluding carboxylic acids is 1. The average Bonchev–Trinajstić information content (AvgIpc) is 3.18. The normalized spacial score (nSPS) is 17.9. The zero-order chi connectivity index (χ0) is 26.4. The molecule has 2 aliphatic rings. The minimum absolute atomic E-state index is 0.0236. The topological polar surface area (TPSA) is 137 Å². The van der Waals surface area contributed by atoms with Crippen LogP contribution >= 0.6 is 0 Å². The van der Waals surface area contributed by atoms with Gasteiger partial charge in [-0.3, -0.25) is 15.0 Å².